The lowest BCUT2D eigenvalue weighted by Gasteiger charge is -2.09. The van der Waals surface area contributed by atoms with Gasteiger partial charge in [-0.3, -0.25) is 4.79 Å². The largest absolute Gasteiger partial charge is 0.497 e. The minimum absolute atomic E-state index is 0.0743. The van der Waals surface area contributed by atoms with Crippen LogP contribution in [0, 0.1) is 25.2 Å². The van der Waals surface area contributed by atoms with Gasteiger partial charge in [-0.25, -0.2) is 0 Å². The van der Waals surface area contributed by atoms with Gasteiger partial charge in [0, 0.05) is 35.1 Å². The zero-order valence-corrected chi connectivity index (χ0v) is 15.9. The number of hydrogen-bond acceptors (Lipinski definition) is 4. The van der Waals surface area contributed by atoms with Gasteiger partial charge < -0.3 is 14.0 Å². The third-order valence-electron chi connectivity index (χ3n) is 4.37. The number of aryl methyl sites for hydroxylation is 1. The third kappa shape index (κ3) is 3.80. The van der Waals surface area contributed by atoms with E-state index in [1.807, 2.05) is 26.0 Å². The fourth-order valence-electron chi connectivity index (χ4n) is 2.99. The van der Waals surface area contributed by atoms with Crippen molar-refractivity contribution in [2.45, 2.75) is 33.7 Å². The second-order valence-electron chi connectivity index (χ2n) is 6.04. The smallest absolute Gasteiger partial charge is 0.205 e. The monoisotopic (exact) mass is 352 g/mol. The molecule has 1 heterocycles. The zero-order valence-electron chi connectivity index (χ0n) is 15.9. The van der Waals surface area contributed by atoms with Gasteiger partial charge >= 0.3 is 0 Å². The molecule has 0 atom stereocenters. The molecule has 0 unspecified atom stereocenters. The zero-order chi connectivity index (χ0) is 19.3. The van der Waals surface area contributed by atoms with Crippen molar-refractivity contribution < 1.29 is 14.3 Å². The predicted molar refractivity (Wildman–Crippen MR) is 102 cm³/mol. The van der Waals surface area contributed by atoms with Gasteiger partial charge in [0.25, 0.3) is 0 Å². The summed E-state index contributed by atoms with van der Waals surface area (Å²) in [4.78, 5) is 12.9. The second kappa shape index (κ2) is 8.39. The summed E-state index contributed by atoms with van der Waals surface area (Å²) < 4.78 is 12.6. The van der Waals surface area contributed by atoms with E-state index in [-0.39, 0.29) is 11.4 Å². The van der Waals surface area contributed by atoms with Crippen molar-refractivity contribution in [2.75, 3.05) is 14.2 Å². The second-order valence-corrected chi connectivity index (χ2v) is 6.04. The summed E-state index contributed by atoms with van der Waals surface area (Å²) in [6.45, 7) is 6.83. The summed E-state index contributed by atoms with van der Waals surface area (Å²) in [5.74, 6) is 0.911. The maximum Gasteiger partial charge on any atom is 0.205 e. The quantitative estimate of drug-likeness (QED) is 0.423. The molecule has 2 rings (SSSR count). The number of nitriles is 1. The Balaban J connectivity index is 2.46. The van der Waals surface area contributed by atoms with E-state index in [1.165, 1.54) is 0 Å². The van der Waals surface area contributed by atoms with E-state index in [2.05, 4.69) is 11.5 Å². The number of hydrogen-bond donors (Lipinski definition) is 0. The first-order valence-corrected chi connectivity index (χ1v) is 8.52. The molecular weight excluding hydrogens is 328 g/mol. The minimum Gasteiger partial charge on any atom is -0.497 e. The molecule has 0 saturated carbocycles. The molecule has 0 amide bonds. The van der Waals surface area contributed by atoms with Crippen LogP contribution >= 0.6 is 0 Å². The number of allylic oxidation sites excluding steroid dienone is 1. The van der Waals surface area contributed by atoms with Gasteiger partial charge in [-0.1, -0.05) is 6.92 Å². The number of Topliss-reactive ketones (excluding diaryl/α,β-unsaturated/α-hetero) is 1. The molecule has 136 valence electrons. The van der Waals surface area contributed by atoms with Gasteiger partial charge in [0.2, 0.25) is 5.78 Å². The van der Waals surface area contributed by atoms with Crippen molar-refractivity contribution in [1.82, 2.24) is 4.57 Å². The highest BCUT2D eigenvalue weighted by atomic mass is 16.5. The summed E-state index contributed by atoms with van der Waals surface area (Å²) in [5.41, 5.74) is 3.20. The normalized spacial score (nSPS) is 11.2. The predicted octanol–water partition coefficient (Wildman–Crippen LogP) is 4.32. The number of methoxy groups -OCH3 is 2. The van der Waals surface area contributed by atoms with Crippen LogP contribution in [0.5, 0.6) is 11.5 Å². The topological polar surface area (TPSA) is 64.2 Å². The summed E-state index contributed by atoms with van der Waals surface area (Å²) in [6.07, 6.45) is 2.54. The first-order valence-electron chi connectivity index (χ1n) is 8.52. The maximum absolute atomic E-state index is 12.9. The molecule has 2 aromatic rings. The highest BCUT2D eigenvalue weighted by molar-refractivity contribution is 6.15. The number of ketones is 1. The number of benzene rings is 1. The molecule has 0 radical (unpaired) electrons. The molecular formula is C21H24N2O3. The van der Waals surface area contributed by atoms with Crippen LogP contribution in [0.25, 0.3) is 6.08 Å². The fraction of sp³-hybridized carbons (Fsp3) is 0.333. The van der Waals surface area contributed by atoms with Crippen molar-refractivity contribution in [2.24, 2.45) is 0 Å². The number of nitrogens with zero attached hydrogens (tertiary/aromatic N) is 2. The molecule has 0 saturated heterocycles. The Morgan fingerprint density at radius 3 is 2.54 bits per heavy atom. The lowest BCUT2D eigenvalue weighted by molar-refractivity contribution is 0.103. The van der Waals surface area contributed by atoms with E-state index in [4.69, 9.17) is 9.47 Å². The molecule has 0 aliphatic heterocycles. The minimum atomic E-state index is -0.277. The Hall–Kier alpha value is -3.00. The Labute approximate surface area is 154 Å². The number of carbonyl (C=O) groups excluding carboxylic acids is 1. The summed E-state index contributed by atoms with van der Waals surface area (Å²) in [6, 6.07) is 9.14. The van der Waals surface area contributed by atoms with Gasteiger partial charge in [0.1, 0.15) is 23.1 Å². The van der Waals surface area contributed by atoms with Crippen LogP contribution in [0.15, 0.2) is 29.8 Å². The molecule has 26 heavy (non-hydrogen) atoms. The SMILES string of the molecule is CCCn1c(C)cc(C(=O)/C(C#N)=C/c2ccc(OC)cc2OC)c1C. The molecule has 0 bridgehead atoms. The van der Waals surface area contributed by atoms with Crippen molar-refractivity contribution in [1.29, 1.82) is 5.26 Å². The summed E-state index contributed by atoms with van der Waals surface area (Å²) in [7, 11) is 3.11. The highest BCUT2D eigenvalue weighted by Crippen LogP contribution is 2.27. The third-order valence-corrected chi connectivity index (χ3v) is 4.37. The average Bonchev–Trinajstić information content (AvgIpc) is 2.94. The Morgan fingerprint density at radius 1 is 1.23 bits per heavy atom. The van der Waals surface area contributed by atoms with Gasteiger partial charge in [-0.15, -0.1) is 0 Å². The molecule has 1 aromatic carbocycles. The van der Waals surface area contributed by atoms with Gasteiger partial charge in [-0.05, 0) is 44.5 Å². The Kier molecular flexibility index (Phi) is 6.24. The van der Waals surface area contributed by atoms with Crippen molar-refractivity contribution >= 4 is 11.9 Å². The van der Waals surface area contributed by atoms with Crippen LogP contribution < -0.4 is 9.47 Å². The number of carbonyl (C=O) groups is 1. The molecule has 0 aliphatic rings. The molecule has 5 nitrogen and oxygen atoms in total. The van der Waals surface area contributed by atoms with E-state index < -0.39 is 0 Å². The van der Waals surface area contributed by atoms with Crippen LogP contribution in [-0.4, -0.2) is 24.6 Å². The Bertz CT molecular complexity index is 885. The van der Waals surface area contributed by atoms with Gasteiger partial charge in [0.15, 0.2) is 0 Å². The average molecular weight is 352 g/mol. The first-order chi connectivity index (χ1) is 12.5. The van der Waals surface area contributed by atoms with E-state index in [9.17, 15) is 10.1 Å². The lowest BCUT2D eigenvalue weighted by Crippen LogP contribution is -2.06. The van der Waals surface area contributed by atoms with Crippen LogP contribution in [0.1, 0.15) is 40.7 Å². The molecule has 0 spiro atoms. The van der Waals surface area contributed by atoms with E-state index in [0.717, 1.165) is 24.4 Å². The van der Waals surface area contributed by atoms with E-state index in [1.54, 1.807) is 38.5 Å². The van der Waals surface area contributed by atoms with Crippen molar-refractivity contribution in [3.05, 3.63) is 52.4 Å². The lowest BCUT2D eigenvalue weighted by atomic mass is 10.0. The summed E-state index contributed by atoms with van der Waals surface area (Å²) >= 11 is 0. The Morgan fingerprint density at radius 2 is 1.96 bits per heavy atom. The molecule has 5 heteroatoms. The standard InChI is InChI=1S/C21H24N2O3/c1-6-9-23-14(2)10-19(15(23)3)21(24)17(13-22)11-16-7-8-18(25-4)12-20(16)26-5/h7-8,10-12H,6,9H2,1-5H3/b17-11+. The maximum atomic E-state index is 12.9. The molecule has 0 aliphatic carbocycles. The molecule has 1 aromatic heterocycles. The van der Waals surface area contributed by atoms with Gasteiger partial charge in [-0.2, -0.15) is 5.26 Å². The van der Waals surface area contributed by atoms with Crippen LogP contribution in [0.2, 0.25) is 0 Å². The van der Waals surface area contributed by atoms with Crippen molar-refractivity contribution in [3.63, 3.8) is 0 Å². The van der Waals surface area contributed by atoms with E-state index >= 15 is 0 Å². The molecule has 0 N–H and O–H groups in total. The van der Waals surface area contributed by atoms with Crippen molar-refractivity contribution in [3.8, 4) is 17.6 Å². The highest BCUT2D eigenvalue weighted by Gasteiger charge is 2.19. The number of aromatic nitrogens is 1. The number of ether oxygens (including phenoxy) is 2. The molecule has 0 fully saturated rings. The van der Waals surface area contributed by atoms with Gasteiger partial charge in [0.05, 0.1) is 14.2 Å². The van der Waals surface area contributed by atoms with Crippen LogP contribution in [-0.2, 0) is 6.54 Å². The summed E-state index contributed by atoms with van der Waals surface area (Å²) in [5, 5.41) is 9.54. The first kappa shape index (κ1) is 19.3. The number of rotatable bonds is 7. The van der Waals surface area contributed by atoms with E-state index in [0.29, 0.717) is 22.6 Å². The fourth-order valence-corrected chi connectivity index (χ4v) is 2.99. The van der Waals surface area contributed by atoms with Crippen LogP contribution in [0.4, 0.5) is 0 Å². The van der Waals surface area contributed by atoms with Crippen LogP contribution in [0.3, 0.4) is 0 Å².